The van der Waals surface area contributed by atoms with Crippen LogP contribution in [-0.4, -0.2) is 19.1 Å². The summed E-state index contributed by atoms with van der Waals surface area (Å²) >= 11 is 0. The van der Waals surface area contributed by atoms with Gasteiger partial charge in [0.15, 0.2) is 0 Å². The summed E-state index contributed by atoms with van der Waals surface area (Å²) in [6, 6.07) is 23.0. The summed E-state index contributed by atoms with van der Waals surface area (Å²) < 4.78 is 76.8. The highest BCUT2D eigenvalue weighted by atomic mass is 32.2. The predicted molar refractivity (Wildman–Crippen MR) is 133 cm³/mol. The summed E-state index contributed by atoms with van der Waals surface area (Å²) in [4.78, 5) is -0.233. The first-order valence-electron chi connectivity index (χ1n) is 10.9. The molecule has 5 N–H and O–H groups in total. The van der Waals surface area contributed by atoms with E-state index in [4.69, 9.17) is 16.0 Å². The molecular formula is C27H23F3N2O3S. The largest absolute Gasteiger partial charge is 0.406 e. The maximum Gasteiger partial charge on any atom is 0.406 e. The van der Waals surface area contributed by atoms with Gasteiger partial charge in [0.25, 0.3) is 10.1 Å². The van der Waals surface area contributed by atoms with Crippen LogP contribution in [0.25, 0.3) is 0 Å². The van der Waals surface area contributed by atoms with Crippen LogP contribution in [0.4, 0.5) is 24.5 Å². The standard InChI is InChI=1S/C27H23F3N2O3S/c28-27(29,30)26(21-7-11-23(31)12-8-21,22-9-13-24(32)14-10-22)20-5-1-18(2-6-20)17-19-3-15-25(16-4-19)36(33,34)35/h1-16H,17,31-32H2,(H,33,34,35). The van der Waals surface area contributed by atoms with Crippen molar-refractivity contribution < 1.29 is 26.1 Å². The van der Waals surface area contributed by atoms with Gasteiger partial charge in [-0.1, -0.05) is 60.7 Å². The Morgan fingerprint density at radius 3 is 1.28 bits per heavy atom. The molecule has 5 nitrogen and oxygen atoms in total. The van der Waals surface area contributed by atoms with E-state index in [0.29, 0.717) is 17.8 Å². The fourth-order valence-electron chi connectivity index (χ4n) is 4.34. The fourth-order valence-corrected chi connectivity index (χ4v) is 4.82. The highest BCUT2D eigenvalue weighted by Crippen LogP contribution is 2.51. The number of hydrogen-bond acceptors (Lipinski definition) is 4. The zero-order chi connectivity index (χ0) is 26.1. The molecule has 0 spiro atoms. The molecule has 0 aliphatic carbocycles. The van der Waals surface area contributed by atoms with Gasteiger partial charge in [-0.2, -0.15) is 21.6 Å². The summed E-state index contributed by atoms with van der Waals surface area (Å²) in [7, 11) is -4.31. The SMILES string of the molecule is Nc1ccc(C(c2ccc(N)cc2)(c2ccc(Cc3ccc(S(=O)(=O)O)cc3)cc2)C(F)(F)F)cc1. The van der Waals surface area contributed by atoms with Crippen LogP contribution in [0.1, 0.15) is 27.8 Å². The fraction of sp³-hybridized carbons (Fsp3) is 0.111. The molecule has 0 unspecified atom stereocenters. The number of rotatable bonds is 6. The Balaban J connectivity index is 1.80. The van der Waals surface area contributed by atoms with Crippen LogP contribution >= 0.6 is 0 Å². The van der Waals surface area contributed by atoms with Gasteiger partial charge in [-0.3, -0.25) is 4.55 Å². The Morgan fingerprint density at radius 1 is 0.611 bits per heavy atom. The van der Waals surface area contributed by atoms with Gasteiger partial charge >= 0.3 is 6.18 Å². The number of halogens is 3. The Kier molecular flexibility index (Phi) is 6.55. The van der Waals surface area contributed by atoms with Gasteiger partial charge in [-0.25, -0.2) is 0 Å². The van der Waals surface area contributed by atoms with Crippen molar-refractivity contribution in [3.63, 3.8) is 0 Å². The molecular weight excluding hydrogens is 489 g/mol. The molecule has 0 fully saturated rings. The topological polar surface area (TPSA) is 106 Å². The van der Waals surface area contributed by atoms with E-state index in [1.165, 1.54) is 72.8 Å². The Labute approximate surface area is 207 Å². The number of alkyl halides is 3. The normalized spacial score (nSPS) is 12.4. The lowest BCUT2D eigenvalue weighted by atomic mass is 9.68. The molecule has 0 aromatic heterocycles. The third-order valence-electron chi connectivity index (χ3n) is 6.13. The van der Waals surface area contributed by atoms with Gasteiger partial charge in [0.2, 0.25) is 0 Å². The molecule has 0 saturated heterocycles. The van der Waals surface area contributed by atoms with Crippen LogP contribution in [0.3, 0.4) is 0 Å². The molecule has 36 heavy (non-hydrogen) atoms. The zero-order valence-corrected chi connectivity index (χ0v) is 19.7. The average Bonchev–Trinajstić information content (AvgIpc) is 2.82. The van der Waals surface area contributed by atoms with Crippen molar-refractivity contribution >= 4 is 21.5 Å². The lowest BCUT2D eigenvalue weighted by molar-refractivity contribution is -0.166. The quantitative estimate of drug-likeness (QED) is 0.178. The maximum absolute atomic E-state index is 15.1. The Morgan fingerprint density at radius 2 is 0.944 bits per heavy atom. The first kappa shape index (κ1) is 25.3. The van der Waals surface area contributed by atoms with E-state index < -0.39 is 21.7 Å². The van der Waals surface area contributed by atoms with Gasteiger partial charge in [-0.15, -0.1) is 0 Å². The van der Waals surface area contributed by atoms with Crippen molar-refractivity contribution in [2.24, 2.45) is 0 Å². The average molecular weight is 513 g/mol. The molecule has 4 aromatic rings. The lowest BCUT2D eigenvalue weighted by Gasteiger charge is -2.37. The molecule has 186 valence electrons. The first-order valence-corrected chi connectivity index (χ1v) is 12.3. The number of nitrogens with two attached hydrogens (primary N) is 2. The molecule has 9 heteroatoms. The van der Waals surface area contributed by atoms with Gasteiger partial charge in [0, 0.05) is 11.4 Å². The highest BCUT2D eigenvalue weighted by molar-refractivity contribution is 7.85. The zero-order valence-electron chi connectivity index (χ0n) is 18.9. The summed E-state index contributed by atoms with van der Waals surface area (Å²) in [6.07, 6.45) is -4.35. The van der Waals surface area contributed by atoms with E-state index >= 15 is 13.2 Å². The van der Waals surface area contributed by atoms with Gasteiger partial charge in [-0.05, 0) is 70.6 Å². The lowest BCUT2D eigenvalue weighted by Crippen LogP contribution is -2.44. The van der Waals surface area contributed by atoms with E-state index in [1.807, 2.05) is 0 Å². The summed E-state index contributed by atoms with van der Waals surface area (Å²) in [5, 5.41) is 0. The van der Waals surface area contributed by atoms with E-state index in [-0.39, 0.29) is 21.6 Å². The summed E-state index contributed by atoms with van der Waals surface area (Å²) in [6.45, 7) is 0. The Bertz CT molecular complexity index is 1400. The molecule has 0 aliphatic rings. The van der Waals surface area contributed by atoms with Crippen LogP contribution in [0.2, 0.25) is 0 Å². The number of nitrogen functional groups attached to an aromatic ring is 2. The minimum absolute atomic E-state index is 0.0162. The van der Waals surface area contributed by atoms with Crippen LogP contribution in [0.15, 0.2) is 102 Å². The third-order valence-corrected chi connectivity index (χ3v) is 7.00. The van der Waals surface area contributed by atoms with E-state index in [1.54, 1.807) is 24.3 Å². The van der Waals surface area contributed by atoms with Crippen molar-refractivity contribution in [2.75, 3.05) is 11.5 Å². The first-order chi connectivity index (χ1) is 16.9. The van der Waals surface area contributed by atoms with Crippen molar-refractivity contribution in [3.05, 3.63) is 125 Å². The molecule has 0 bridgehead atoms. The number of hydrogen-bond donors (Lipinski definition) is 3. The third kappa shape index (κ3) is 4.80. The van der Waals surface area contributed by atoms with Crippen molar-refractivity contribution in [3.8, 4) is 0 Å². The molecule has 4 aromatic carbocycles. The minimum atomic E-state index is -4.70. The van der Waals surface area contributed by atoms with Crippen molar-refractivity contribution in [1.29, 1.82) is 0 Å². The highest BCUT2D eigenvalue weighted by Gasteiger charge is 2.58. The molecule has 0 atom stereocenters. The molecule has 0 heterocycles. The van der Waals surface area contributed by atoms with E-state index in [9.17, 15) is 8.42 Å². The molecule has 4 rings (SSSR count). The number of anilines is 2. The minimum Gasteiger partial charge on any atom is -0.399 e. The molecule has 0 radical (unpaired) electrons. The summed E-state index contributed by atoms with van der Waals surface area (Å²) in [5.74, 6) is 0. The summed E-state index contributed by atoms with van der Waals surface area (Å²) in [5.41, 5.74) is 11.3. The van der Waals surface area contributed by atoms with E-state index in [0.717, 1.165) is 11.1 Å². The second kappa shape index (κ2) is 9.33. The van der Waals surface area contributed by atoms with Crippen molar-refractivity contribution in [1.82, 2.24) is 0 Å². The molecule has 0 amide bonds. The maximum atomic E-state index is 15.1. The van der Waals surface area contributed by atoms with Gasteiger partial charge < -0.3 is 11.5 Å². The second-order valence-electron chi connectivity index (χ2n) is 8.48. The van der Waals surface area contributed by atoms with Crippen LogP contribution in [0.5, 0.6) is 0 Å². The monoisotopic (exact) mass is 512 g/mol. The van der Waals surface area contributed by atoms with Gasteiger partial charge in [0.05, 0.1) is 4.90 Å². The van der Waals surface area contributed by atoms with Crippen molar-refractivity contribution in [2.45, 2.75) is 22.9 Å². The Hall–Kier alpha value is -3.82. The second-order valence-corrected chi connectivity index (χ2v) is 9.91. The smallest absolute Gasteiger partial charge is 0.399 e. The predicted octanol–water partition coefficient (Wildman–Crippen LogP) is 5.59. The van der Waals surface area contributed by atoms with Crippen LogP contribution < -0.4 is 11.5 Å². The van der Waals surface area contributed by atoms with Gasteiger partial charge in [0.1, 0.15) is 5.41 Å². The van der Waals surface area contributed by atoms with E-state index in [2.05, 4.69) is 0 Å². The molecule has 0 saturated carbocycles. The number of benzene rings is 4. The van der Waals surface area contributed by atoms with Crippen LogP contribution in [0, 0.1) is 0 Å². The van der Waals surface area contributed by atoms with Crippen LogP contribution in [-0.2, 0) is 22.0 Å². The molecule has 0 aliphatic heterocycles.